The Labute approximate surface area is 113 Å². The molecular weight excluding hydrogens is 222 g/mol. The van der Waals surface area contributed by atoms with Gasteiger partial charge < -0.3 is 10.2 Å². The fourth-order valence-corrected chi connectivity index (χ4v) is 2.91. The second kappa shape index (κ2) is 7.11. The van der Waals surface area contributed by atoms with Gasteiger partial charge in [-0.1, -0.05) is 19.3 Å². The van der Waals surface area contributed by atoms with Crippen LogP contribution >= 0.6 is 0 Å². The van der Waals surface area contributed by atoms with E-state index >= 15 is 0 Å². The van der Waals surface area contributed by atoms with Crippen LogP contribution in [-0.2, 0) is 0 Å². The van der Waals surface area contributed by atoms with Crippen molar-refractivity contribution in [1.82, 2.24) is 10.2 Å². The number of hydrogen-bond acceptors (Lipinski definition) is 3. The van der Waals surface area contributed by atoms with Gasteiger partial charge in [-0.15, -0.1) is 0 Å². The average molecular weight is 251 g/mol. The number of nitriles is 1. The quantitative estimate of drug-likeness (QED) is 0.789. The van der Waals surface area contributed by atoms with Gasteiger partial charge in [0.05, 0.1) is 6.07 Å². The molecule has 104 valence electrons. The van der Waals surface area contributed by atoms with Crippen LogP contribution in [0.1, 0.15) is 52.4 Å². The Hall–Kier alpha value is -0.590. The molecule has 1 N–H and O–H groups in total. The van der Waals surface area contributed by atoms with Crippen molar-refractivity contribution in [3.05, 3.63) is 0 Å². The zero-order valence-corrected chi connectivity index (χ0v) is 12.5. The van der Waals surface area contributed by atoms with Gasteiger partial charge in [0.25, 0.3) is 0 Å². The summed E-state index contributed by atoms with van der Waals surface area (Å²) >= 11 is 0. The molecule has 0 saturated heterocycles. The highest BCUT2D eigenvalue weighted by Gasteiger charge is 2.27. The van der Waals surface area contributed by atoms with E-state index in [2.05, 4.69) is 30.3 Å². The summed E-state index contributed by atoms with van der Waals surface area (Å²) in [5.41, 5.74) is -0.403. The van der Waals surface area contributed by atoms with Crippen molar-refractivity contribution in [3.63, 3.8) is 0 Å². The molecule has 0 spiro atoms. The van der Waals surface area contributed by atoms with E-state index in [-0.39, 0.29) is 0 Å². The highest BCUT2D eigenvalue weighted by Crippen LogP contribution is 2.25. The first-order valence-corrected chi connectivity index (χ1v) is 7.31. The summed E-state index contributed by atoms with van der Waals surface area (Å²) in [6, 6.07) is 2.83. The largest absolute Gasteiger partial charge is 0.303 e. The first-order valence-electron chi connectivity index (χ1n) is 7.31. The monoisotopic (exact) mass is 251 g/mol. The third-order valence-electron chi connectivity index (χ3n) is 4.53. The zero-order valence-electron chi connectivity index (χ0n) is 12.5. The van der Waals surface area contributed by atoms with Crippen LogP contribution in [0, 0.1) is 17.2 Å². The Kier molecular flexibility index (Phi) is 6.11. The molecule has 0 bridgehead atoms. The van der Waals surface area contributed by atoms with Crippen LogP contribution in [0.2, 0.25) is 0 Å². The molecule has 3 heteroatoms. The van der Waals surface area contributed by atoms with Crippen molar-refractivity contribution < 1.29 is 0 Å². The Morgan fingerprint density at radius 1 is 1.39 bits per heavy atom. The van der Waals surface area contributed by atoms with Gasteiger partial charge in [0.2, 0.25) is 0 Å². The third kappa shape index (κ3) is 4.59. The maximum Gasteiger partial charge on any atom is 0.105 e. The molecule has 3 nitrogen and oxygen atoms in total. The highest BCUT2D eigenvalue weighted by molar-refractivity contribution is 5.04. The molecular formula is C15H29N3. The lowest BCUT2D eigenvalue weighted by atomic mass is 9.88. The molecule has 1 aliphatic rings. The van der Waals surface area contributed by atoms with E-state index in [9.17, 15) is 5.26 Å². The number of rotatable bonds is 6. The standard InChI is InChI=1S/C15H29N3/c1-13(10-15(2,12-16)17-3)18(4)11-14-8-6-5-7-9-14/h13-14,17H,5-11H2,1-4H3. The molecule has 0 aromatic carbocycles. The van der Waals surface area contributed by atoms with Gasteiger partial charge in [0, 0.05) is 12.6 Å². The van der Waals surface area contributed by atoms with Crippen molar-refractivity contribution in [3.8, 4) is 6.07 Å². The average Bonchev–Trinajstić information content (AvgIpc) is 2.39. The maximum absolute atomic E-state index is 9.21. The Morgan fingerprint density at radius 3 is 2.50 bits per heavy atom. The van der Waals surface area contributed by atoms with Crippen molar-refractivity contribution in [2.24, 2.45) is 5.92 Å². The van der Waals surface area contributed by atoms with E-state index in [1.165, 1.54) is 38.6 Å². The number of nitrogens with one attached hydrogen (secondary N) is 1. The summed E-state index contributed by atoms with van der Waals surface area (Å²) in [6.07, 6.45) is 7.88. The molecule has 0 aliphatic heterocycles. The molecule has 0 aromatic heterocycles. The second-order valence-corrected chi connectivity index (χ2v) is 6.19. The molecule has 18 heavy (non-hydrogen) atoms. The van der Waals surface area contributed by atoms with E-state index in [1.54, 1.807) is 0 Å². The molecule has 1 rings (SSSR count). The number of hydrogen-bond donors (Lipinski definition) is 1. The Bertz CT molecular complexity index is 278. The summed E-state index contributed by atoms with van der Waals surface area (Å²) in [6.45, 7) is 5.40. The SMILES string of the molecule is CNC(C)(C#N)CC(C)N(C)CC1CCCCC1. The Balaban J connectivity index is 2.40. The van der Waals surface area contributed by atoms with Crippen LogP contribution in [0.4, 0.5) is 0 Å². The molecule has 0 amide bonds. The van der Waals surface area contributed by atoms with Gasteiger partial charge in [0.1, 0.15) is 5.54 Å². The minimum atomic E-state index is -0.403. The summed E-state index contributed by atoms with van der Waals surface area (Å²) in [5.74, 6) is 0.870. The minimum absolute atomic E-state index is 0.403. The van der Waals surface area contributed by atoms with Crippen LogP contribution in [0.15, 0.2) is 0 Å². The van der Waals surface area contributed by atoms with Crippen LogP contribution < -0.4 is 5.32 Å². The molecule has 2 unspecified atom stereocenters. The van der Waals surface area contributed by atoms with Crippen molar-refractivity contribution in [2.45, 2.75) is 64.0 Å². The molecule has 1 aliphatic carbocycles. The number of nitrogens with zero attached hydrogens (tertiary/aromatic N) is 2. The van der Waals surface area contributed by atoms with E-state index in [0.717, 1.165) is 12.3 Å². The zero-order chi connectivity index (χ0) is 13.6. The summed E-state index contributed by atoms with van der Waals surface area (Å²) in [5, 5.41) is 12.3. The molecule has 0 heterocycles. The summed E-state index contributed by atoms with van der Waals surface area (Å²) < 4.78 is 0. The van der Waals surface area contributed by atoms with Gasteiger partial charge >= 0.3 is 0 Å². The van der Waals surface area contributed by atoms with Crippen LogP contribution in [-0.4, -0.2) is 37.1 Å². The molecule has 2 atom stereocenters. The minimum Gasteiger partial charge on any atom is -0.303 e. The van der Waals surface area contributed by atoms with Crippen LogP contribution in [0.5, 0.6) is 0 Å². The van der Waals surface area contributed by atoms with Gasteiger partial charge in [-0.05, 0) is 53.1 Å². The van der Waals surface area contributed by atoms with Crippen molar-refractivity contribution >= 4 is 0 Å². The normalized spacial score (nSPS) is 22.4. The first-order chi connectivity index (χ1) is 8.50. The second-order valence-electron chi connectivity index (χ2n) is 6.19. The smallest absolute Gasteiger partial charge is 0.105 e. The van der Waals surface area contributed by atoms with Crippen LogP contribution in [0.25, 0.3) is 0 Å². The predicted molar refractivity (Wildman–Crippen MR) is 76.4 cm³/mol. The summed E-state index contributed by atoms with van der Waals surface area (Å²) in [4.78, 5) is 2.43. The fourth-order valence-electron chi connectivity index (χ4n) is 2.91. The van der Waals surface area contributed by atoms with Crippen molar-refractivity contribution in [1.29, 1.82) is 5.26 Å². The van der Waals surface area contributed by atoms with E-state index in [4.69, 9.17) is 0 Å². The lowest BCUT2D eigenvalue weighted by Gasteiger charge is -2.34. The summed E-state index contributed by atoms with van der Waals surface area (Å²) in [7, 11) is 4.07. The van der Waals surface area contributed by atoms with E-state index < -0.39 is 5.54 Å². The highest BCUT2D eigenvalue weighted by atomic mass is 15.1. The lowest BCUT2D eigenvalue weighted by molar-refractivity contribution is 0.169. The van der Waals surface area contributed by atoms with E-state index in [0.29, 0.717) is 6.04 Å². The molecule has 0 radical (unpaired) electrons. The maximum atomic E-state index is 9.21. The topological polar surface area (TPSA) is 39.1 Å². The van der Waals surface area contributed by atoms with E-state index in [1.807, 2.05) is 14.0 Å². The fraction of sp³-hybridized carbons (Fsp3) is 0.933. The van der Waals surface area contributed by atoms with Gasteiger partial charge in [-0.2, -0.15) is 5.26 Å². The van der Waals surface area contributed by atoms with Crippen molar-refractivity contribution in [2.75, 3.05) is 20.6 Å². The third-order valence-corrected chi connectivity index (χ3v) is 4.53. The molecule has 1 fully saturated rings. The Morgan fingerprint density at radius 2 is 2.00 bits per heavy atom. The molecule has 0 aromatic rings. The molecule has 1 saturated carbocycles. The van der Waals surface area contributed by atoms with Gasteiger partial charge in [-0.25, -0.2) is 0 Å². The predicted octanol–water partition coefficient (Wildman–Crippen LogP) is 2.78. The first kappa shape index (κ1) is 15.5. The lowest BCUT2D eigenvalue weighted by Crippen LogP contribution is -2.45. The van der Waals surface area contributed by atoms with Gasteiger partial charge in [0.15, 0.2) is 0 Å². The van der Waals surface area contributed by atoms with Crippen LogP contribution in [0.3, 0.4) is 0 Å². The van der Waals surface area contributed by atoms with Gasteiger partial charge in [-0.3, -0.25) is 0 Å².